The summed E-state index contributed by atoms with van der Waals surface area (Å²) in [4.78, 5) is 14.1. The van der Waals surface area contributed by atoms with Crippen LogP contribution in [0.5, 0.6) is 0 Å². The molecule has 0 N–H and O–H groups in total. The molecule has 0 aromatic heterocycles. The van der Waals surface area contributed by atoms with Crippen molar-refractivity contribution in [2.75, 3.05) is 19.6 Å². The topological polar surface area (TPSA) is 20.3 Å². The number of carbonyl (C=O) groups excluding carboxylic acids is 1. The highest BCUT2D eigenvalue weighted by molar-refractivity contribution is 5.68. The van der Waals surface area contributed by atoms with Crippen molar-refractivity contribution < 1.29 is 4.79 Å². The first-order valence-electron chi connectivity index (χ1n) is 7.29. The molecular formula is C17H25NO. The molecule has 1 aromatic rings. The Labute approximate surface area is 116 Å². The second kappa shape index (κ2) is 5.87. The highest BCUT2D eigenvalue weighted by atomic mass is 16.1. The molecule has 2 unspecified atom stereocenters. The Balaban J connectivity index is 2.06. The predicted octanol–water partition coefficient (Wildman–Crippen LogP) is 3.12. The molecule has 2 atom stereocenters. The maximum absolute atomic E-state index is 11.6. The van der Waals surface area contributed by atoms with Crippen LogP contribution in [0.4, 0.5) is 0 Å². The number of benzene rings is 1. The first-order chi connectivity index (χ1) is 9.05. The van der Waals surface area contributed by atoms with Crippen molar-refractivity contribution >= 4 is 6.29 Å². The molecule has 1 aliphatic heterocycles. The summed E-state index contributed by atoms with van der Waals surface area (Å²) in [7, 11) is 0. The van der Waals surface area contributed by atoms with Crippen LogP contribution in [0.2, 0.25) is 0 Å². The normalized spacial score (nSPS) is 23.5. The molecule has 19 heavy (non-hydrogen) atoms. The molecule has 0 aliphatic carbocycles. The number of aldehydes is 1. The van der Waals surface area contributed by atoms with Gasteiger partial charge in [-0.2, -0.15) is 0 Å². The van der Waals surface area contributed by atoms with Crippen LogP contribution in [0.1, 0.15) is 32.8 Å². The second-order valence-electron chi connectivity index (χ2n) is 6.43. The third kappa shape index (κ3) is 3.24. The highest BCUT2D eigenvalue weighted by Crippen LogP contribution is 2.28. The van der Waals surface area contributed by atoms with Crippen molar-refractivity contribution in [3.63, 3.8) is 0 Å². The molecule has 104 valence electrons. The number of hydrogen-bond donors (Lipinski definition) is 0. The third-order valence-electron chi connectivity index (χ3n) is 4.50. The lowest BCUT2D eigenvalue weighted by Crippen LogP contribution is -2.39. The summed E-state index contributed by atoms with van der Waals surface area (Å²) in [5.74, 6) is 1.52. The van der Waals surface area contributed by atoms with E-state index in [-0.39, 0.29) is 5.41 Å². The Morgan fingerprint density at radius 3 is 2.58 bits per heavy atom. The number of rotatable bonds is 5. The molecule has 1 heterocycles. The lowest BCUT2D eigenvalue weighted by Gasteiger charge is -2.29. The molecule has 0 spiro atoms. The maximum Gasteiger partial charge on any atom is 0.131 e. The Hall–Kier alpha value is -1.15. The fourth-order valence-electron chi connectivity index (χ4n) is 3.03. The summed E-state index contributed by atoms with van der Waals surface area (Å²) in [5.41, 5.74) is 0.741. The molecule has 1 saturated heterocycles. The third-order valence-corrected chi connectivity index (χ3v) is 4.50. The molecule has 2 nitrogen and oxygen atoms in total. The van der Waals surface area contributed by atoms with Crippen LogP contribution < -0.4 is 0 Å². The Kier molecular flexibility index (Phi) is 4.41. The van der Waals surface area contributed by atoms with Gasteiger partial charge in [-0.05, 0) is 37.3 Å². The van der Waals surface area contributed by atoms with Gasteiger partial charge in [0.05, 0.1) is 5.41 Å². The van der Waals surface area contributed by atoms with Crippen LogP contribution in [0.3, 0.4) is 0 Å². The van der Waals surface area contributed by atoms with Crippen molar-refractivity contribution in [1.29, 1.82) is 0 Å². The number of nitrogens with zero attached hydrogens (tertiary/aromatic N) is 1. The van der Waals surface area contributed by atoms with E-state index in [1.165, 1.54) is 6.42 Å². The first-order valence-corrected chi connectivity index (χ1v) is 7.29. The Bertz CT molecular complexity index is 415. The largest absolute Gasteiger partial charge is 0.302 e. The molecule has 1 aliphatic rings. The van der Waals surface area contributed by atoms with Gasteiger partial charge in [0.2, 0.25) is 0 Å². The molecule has 2 rings (SSSR count). The molecule has 0 saturated carbocycles. The molecule has 1 aromatic carbocycles. The van der Waals surface area contributed by atoms with Crippen molar-refractivity contribution in [1.82, 2.24) is 4.90 Å². The van der Waals surface area contributed by atoms with E-state index < -0.39 is 0 Å². The molecule has 0 amide bonds. The van der Waals surface area contributed by atoms with Crippen LogP contribution in [-0.4, -0.2) is 30.8 Å². The summed E-state index contributed by atoms with van der Waals surface area (Å²) >= 11 is 0. The minimum atomic E-state index is -0.382. The van der Waals surface area contributed by atoms with E-state index in [4.69, 9.17) is 0 Å². The van der Waals surface area contributed by atoms with Gasteiger partial charge in [-0.3, -0.25) is 0 Å². The lowest BCUT2D eigenvalue weighted by molar-refractivity contribution is -0.112. The van der Waals surface area contributed by atoms with E-state index in [0.29, 0.717) is 0 Å². The van der Waals surface area contributed by atoms with Gasteiger partial charge in [-0.25, -0.2) is 0 Å². The first kappa shape index (κ1) is 14.3. The van der Waals surface area contributed by atoms with Gasteiger partial charge in [0.25, 0.3) is 0 Å². The van der Waals surface area contributed by atoms with Gasteiger partial charge in [0, 0.05) is 13.1 Å². The van der Waals surface area contributed by atoms with Crippen LogP contribution >= 0.6 is 0 Å². The molecule has 1 fully saturated rings. The van der Waals surface area contributed by atoms with Crippen molar-refractivity contribution in [3.05, 3.63) is 35.9 Å². The average molecular weight is 259 g/mol. The van der Waals surface area contributed by atoms with E-state index in [0.717, 1.165) is 43.3 Å². The molecule has 2 heteroatoms. The fourth-order valence-corrected chi connectivity index (χ4v) is 3.03. The van der Waals surface area contributed by atoms with E-state index in [1.807, 2.05) is 18.2 Å². The monoisotopic (exact) mass is 259 g/mol. The summed E-state index contributed by atoms with van der Waals surface area (Å²) in [6.45, 7) is 9.74. The SMILES string of the molecule is CC(C)C1CCN(CC(C)(C=O)c2ccccc2)C1. The van der Waals surface area contributed by atoms with Crippen molar-refractivity contribution in [2.24, 2.45) is 11.8 Å². The van der Waals surface area contributed by atoms with Crippen LogP contribution in [0, 0.1) is 11.8 Å². The second-order valence-corrected chi connectivity index (χ2v) is 6.43. The van der Waals surface area contributed by atoms with Crippen LogP contribution in [0.15, 0.2) is 30.3 Å². The van der Waals surface area contributed by atoms with Gasteiger partial charge in [-0.15, -0.1) is 0 Å². The lowest BCUT2D eigenvalue weighted by atomic mass is 9.83. The smallest absolute Gasteiger partial charge is 0.131 e. The quantitative estimate of drug-likeness (QED) is 0.757. The molecule has 0 bridgehead atoms. The minimum Gasteiger partial charge on any atom is -0.302 e. The molecular weight excluding hydrogens is 234 g/mol. The zero-order chi connectivity index (χ0) is 13.9. The van der Waals surface area contributed by atoms with E-state index >= 15 is 0 Å². The summed E-state index contributed by atoms with van der Waals surface area (Å²) in [6.07, 6.45) is 2.38. The van der Waals surface area contributed by atoms with E-state index in [2.05, 4.69) is 37.8 Å². The number of likely N-dealkylation sites (tertiary alicyclic amines) is 1. The Morgan fingerprint density at radius 2 is 2.05 bits per heavy atom. The minimum absolute atomic E-state index is 0.382. The highest BCUT2D eigenvalue weighted by Gasteiger charge is 2.33. The van der Waals surface area contributed by atoms with Gasteiger partial charge in [0.15, 0.2) is 0 Å². The van der Waals surface area contributed by atoms with E-state index in [9.17, 15) is 4.79 Å². The Morgan fingerprint density at radius 1 is 1.37 bits per heavy atom. The zero-order valence-corrected chi connectivity index (χ0v) is 12.3. The summed E-state index contributed by atoms with van der Waals surface area (Å²) < 4.78 is 0. The number of carbonyl (C=O) groups is 1. The van der Waals surface area contributed by atoms with E-state index in [1.54, 1.807) is 0 Å². The molecule has 0 radical (unpaired) electrons. The standard InChI is InChI=1S/C17H25NO/c1-14(2)15-9-10-18(11-15)12-17(3,13-19)16-7-5-4-6-8-16/h4-8,13-15H,9-12H2,1-3H3. The van der Waals surface area contributed by atoms with Gasteiger partial charge in [-0.1, -0.05) is 44.2 Å². The van der Waals surface area contributed by atoms with Gasteiger partial charge in [0.1, 0.15) is 6.29 Å². The number of hydrogen-bond acceptors (Lipinski definition) is 2. The maximum atomic E-state index is 11.6. The fraction of sp³-hybridized carbons (Fsp3) is 0.588. The van der Waals surface area contributed by atoms with Gasteiger partial charge >= 0.3 is 0 Å². The van der Waals surface area contributed by atoms with Gasteiger partial charge < -0.3 is 9.69 Å². The summed E-state index contributed by atoms with van der Waals surface area (Å²) in [6, 6.07) is 10.1. The average Bonchev–Trinajstić information content (AvgIpc) is 2.88. The predicted molar refractivity (Wildman–Crippen MR) is 79.2 cm³/mol. The van der Waals surface area contributed by atoms with Crippen LogP contribution in [0.25, 0.3) is 0 Å². The summed E-state index contributed by atoms with van der Waals surface area (Å²) in [5, 5.41) is 0. The van der Waals surface area contributed by atoms with Crippen molar-refractivity contribution in [2.45, 2.75) is 32.6 Å². The van der Waals surface area contributed by atoms with Crippen molar-refractivity contribution in [3.8, 4) is 0 Å². The zero-order valence-electron chi connectivity index (χ0n) is 12.3. The van der Waals surface area contributed by atoms with Crippen LogP contribution in [-0.2, 0) is 10.2 Å².